The number of thiazole rings is 1. The van der Waals surface area contributed by atoms with Gasteiger partial charge in [0, 0.05) is 29.6 Å². The quantitative estimate of drug-likeness (QED) is 0.658. The minimum Gasteiger partial charge on any atom is -0.497 e. The third-order valence-electron chi connectivity index (χ3n) is 4.19. The van der Waals surface area contributed by atoms with Gasteiger partial charge in [-0.05, 0) is 30.3 Å². The number of aromatic nitrogens is 1. The molecule has 1 heterocycles. The molecule has 0 radical (unpaired) electrons. The lowest BCUT2D eigenvalue weighted by Gasteiger charge is -2.20. The second kappa shape index (κ2) is 8.69. The minimum absolute atomic E-state index is 0.0859. The zero-order chi connectivity index (χ0) is 19.4. The number of quaternary nitrogens is 1. The molecule has 1 aromatic heterocycles. The molecule has 5 nitrogen and oxygen atoms in total. The number of fused-ring (bicyclic) bond motifs is 1. The number of amides is 1. The van der Waals surface area contributed by atoms with Crippen LogP contribution in [-0.2, 0) is 0 Å². The average Bonchev–Trinajstić information content (AvgIpc) is 3.07. The smallest absolute Gasteiger partial charge is 0.260 e. The van der Waals surface area contributed by atoms with E-state index in [0.29, 0.717) is 22.3 Å². The van der Waals surface area contributed by atoms with Crippen molar-refractivity contribution < 1.29 is 14.4 Å². The van der Waals surface area contributed by atoms with Gasteiger partial charge in [-0.2, -0.15) is 0 Å². The van der Waals surface area contributed by atoms with Gasteiger partial charge in [0.2, 0.25) is 0 Å². The van der Waals surface area contributed by atoms with Crippen molar-refractivity contribution in [2.75, 3.05) is 39.2 Å². The Bertz CT molecular complexity index is 942. The van der Waals surface area contributed by atoms with Crippen LogP contribution in [0.4, 0.5) is 5.13 Å². The predicted molar refractivity (Wildman–Crippen MR) is 112 cm³/mol. The SMILES string of the molecule is COc1ccc2sc(N(CCC[NH+](C)C)C(=O)c3cccc(Cl)c3)nc2c1. The molecular weight excluding hydrogens is 382 g/mol. The van der Waals surface area contributed by atoms with Crippen LogP contribution in [0.1, 0.15) is 16.8 Å². The highest BCUT2D eigenvalue weighted by Crippen LogP contribution is 2.32. The Hall–Kier alpha value is -2.15. The van der Waals surface area contributed by atoms with Crippen LogP contribution in [0.25, 0.3) is 10.2 Å². The number of ether oxygens (including phenoxy) is 1. The number of hydrogen-bond donors (Lipinski definition) is 1. The standard InChI is InChI=1S/C20H22ClN3O2S/c1-23(2)10-5-11-24(19(25)14-6-4-7-15(21)12-14)20-22-17-13-16(26-3)8-9-18(17)27-20/h4,6-9,12-13H,5,10-11H2,1-3H3/p+1. The highest BCUT2D eigenvalue weighted by molar-refractivity contribution is 7.22. The Morgan fingerprint density at radius 3 is 2.78 bits per heavy atom. The summed E-state index contributed by atoms with van der Waals surface area (Å²) in [6.45, 7) is 1.57. The highest BCUT2D eigenvalue weighted by atomic mass is 35.5. The summed E-state index contributed by atoms with van der Waals surface area (Å²) >= 11 is 7.59. The average molecular weight is 405 g/mol. The lowest BCUT2D eigenvalue weighted by atomic mass is 10.2. The molecule has 0 bridgehead atoms. The molecule has 1 amide bonds. The van der Waals surface area contributed by atoms with Crippen molar-refractivity contribution in [2.24, 2.45) is 0 Å². The molecule has 0 fully saturated rings. The molecule has 1 N–H and O–H groups in total. The van der Waals surface area contributed by atoms with Crippen LogP contribution in [0, 0.1) is 0 Å². The molecule has 0 unspecified atom stereocenters. The molecular formula is C20H23ClN3O2S+. The number of carbonyl (C=O) groups excluding carboxylic acids is 1. The van der Waals surface area contributed by atoms with Crippen LogP contribution < -0.4 is 14.5 Å². The summed E-state index contributed by atoms with van der Waals surface area (Å²) in [4.78, 5) is 21.0. The largest absolute Gasteiger partial charge is 0.497 e. The molecule has 0 atom stereocenters. The van der Waals surface area contributed by atoms with Gasteiger partial charge >= 0.3 is 0 Å². The molecule has 0 aliphatic heterocycles. The number of hydrogen-bond acceptors (Lipinski definition) is 4. The summed E-state index contributed by atoms with van der Waals surface area (Å²) < 4.78 is 6.30. The Kier molecular flexibility index (Phi) is 6.31. The second-order valence-corrected chi connectivity index (χ2v) is 8.05. The zero-order valence-electron chi connectivity index (χ0n) is 15.7. The third kappa shape index (κ3) is 4.77. The summed E-state index contributed by atoms with van der Waals surface area (Å²) in [7, 11) is 5.84. The van der Waals surface area contributed by atoms with Gasteiger partial charge in [0.15, 0.2) is 5.13 Å². The molecule has 0 spiro atoms. The molecule has 0 saturated heterocycles. The van der Waals surface area contributed by atoms with Crippen LogP contribution >= 0.6 is 22.9 Å². The Morgan fingerprint density at radius 2 is 2.07 bits per heavy atom. The first-order valence-corrected chi connectivity index (χ1v) is 9.98. The molecule has 2 aromatic carbocycles. The molecule has 3 rings (SSSR count). The summed E-state index contributed by atoms with van der Waals surface area (Å²) in [5, 5.41) is 1.24. The van der Waals surface area contributed by atoms with Crippen molar-refractivity contribution >= 4 is 44.2 Å². The maximum Gasteiger partial charge on any atom is 0.260 e. The maximum absolute atomic E-state index is 13.2. The van der Waals surface area contributed by atoms with Crippen LogP contribution in [0.2, 0.25) is 5.02 Å². The zero-order valence-corrected chi connectivity index (χ0v) is 17.2. The number of halogens is 1. The summed E-state index contributed by atoms with van der Waals surface area (Å²) in [5.41, 5.74) is 1.40. The molecule has 3 aromatic rings. The number of benzene rings is 2. The van der Waals surface area contributed by atoms with E-state index in [1.165, 1.54) is 16.2 Å². The van der Waals surface area contributed by atoms with E-state index >= 15 is 0 Å². The molecule has 7 heteroatoms. The fraction of sp³-hybridized carbons (Fsp3) is 0.300. The van der Waals surface area contributed by atoms with Gasteiger partial charge in [-0.25, -0.2) is 4.98 Å². The lowest BCUT2D eigenvalue weighted by Crippen LogP contribution is -3.05. The molecule has 0 saturated carbocycles. The van der Waals surface area contributed by atoms with E-state index in [-0.39, 0.29) is 5.91 Å². The van der Waals surface area contributed by atoms with Gasteiger partial charge in [-0.15, -0.1) is 0 Å². The molecule has 0 aliphatic rings. The van der Waals surface area contributed by atoms with Crippen molar-refractivity contribution in [3.05, 3.63) is 53.1 Å². The monoisotopic (exact) mass is 404 g/mol. The second-order valence-electron chi connectivity index (χ2n) is 6.61. The maximum atomic E-state index is 13.2. The van der Waals surface area contributed by atoms with Gasteiger partial charge in [0.05, 0.1) is 38.0 Å². The van der Waals surface area contributed by atoms with Crippen LogP contribution in [0.3, 0.4) is 0 Å². The number of carbonyl (C=O) groups is 1. The summed E-state index contributed by atoms with van der Waals surface area (Å²) in [5.74, 6) is 0.667. The van der Waals surface area contributed by atoms with Gasteiger partial charge in [-0.1, -0.05) is 29.0 Å². The van der Waals surface area contributed by atoms with E-state index in [0.717, 1.165) is 28.9 Å². The summed E-state index contributed by atoms with van der Waals surface area (Å²) in [6, 6.07) is 12.8. The van der Waals surface area contributed by atoms with Crippen LogP contribution in [0.15, 0.2) is 42.5 Å². The van der Waals surface area contributed by atoms with Crippen molar-refractivity contribution in [3.63, 3.8) is 0 Å². The Morgan fingerprint density at radius 1 is 1.26 bits per heavy atom. The first-order chi connectivity index (χ1) is 13.0. The molecule has 27 heavy (non-hydrogen) atoms. The fourth-order valence-corrected chi connectivity index (χ4v) is 3.95. The van der Waals surface area contributed by atoms with Crippen molar-refractivity contribution in [1.29, 1.82) is 0 Å². The normalized spacial score (nSPS) is 11.1. The highest BCUT2D eigenvalue weighted by Gasteiger charge is 2.22. The molecule has 142 valence electrons. The van der Waals surface area contributed by atoms with Crippen molar-refractivity contribution in [2.45, 2.75) is 6.42 Å². The number of rotatable bonds is 7. The van der Waals surface area contributed by atoms with E-state index in [4.69, 9.17) is 21.3 Å². The first kappa shape index (κ1) is 19.6. The topological polar surface area (TPSA) is 46.9 Å². The number of nitrogens with one attached hydrogen (secondary N) is 1. The summed E-state index contributed by atoms with van der Waals surface area (Å²) in [6.07, 6.45) is 0.883. The number of anilines is 1. The van der Waals surface area contributed by atoms with Crippen LogP contribution in [0.5, 0.6) is 5.75 Å². The lowest BCUT2D eigenvalue weighted by molar-refractivity contribution is -0.858. The molecule has 0 aliphatic carbocycles. The van der Waals surface area contributed by atoms with Crippen molar-refractivity contribution in [3.8, 4) is 5.75 Å². The van der Waals surface area contributed by atoms with Gasteiger partial charge in [-0.3, -0.25) is 9.69 Å². The third-order valence-corrected chi connectivity index (χ3v) is 5.48. The van der Waals surface area contributed by atoms with E-state index in [2.05, 4.69) is 14.1 Å². The minimum atomic E-state index is -0.0859. The van der Waals surface area contributed by atoms with Gasteiger partial charge in [0.1, 0.15) is 5.75 Å². The first-order valence-electron chi connectivity index (χ1n) is 8.79. The van der Waals surface area contributed by atoms with Crippen molar-refractivity contribution in [1.82, 2.24) is 4.98 Å². The predicted octanol–water partition coefficient (Wildman–Crippen LogP) is 3.14. The van der Waals surface area contributed by atoms with E-state index in [9.17, 15) is 4.79 Å². The van der Waals surface area contributed by atoms with Gasteiger partial charge in [0.25, 0.3) is 5.91 Å². The Balaban J connectivity index is 1.94. The van der Waals surface area contributed by atoms with Gasteiger partial charge < -0.3 is 9.64 Å². The number of methoxy groups -OCH3 is 1. The number of nitrogens with zero attached hydrogens (tertiary/aromatic N) is 2. The van der Waals surface area contributed by atoms with Crippen LogP contribution in [-0.4, -0.2) is 45.2 Å². The van der Waals surface area contributed by atoms with E-state index in [1.54, 1.807) is 36.3 Å². The van der Waals surface area contributed by atoms with E-state index < -0.39 is 0 Å². The van der Waals surface area contributed by atoms with E-state index in [1.807, 2.05) is 18.2 Å². The fourth-order valence-electron chi connectivity index (χ4n) is 2.79. The Labute approximate surface area is 168 Å².